The van der Waals surface area contributed by atoms with Crippen LogP contribution in [0.2, 0.25) is 0 Å². The highest BCUT2D eigenvalue weighted by molar-refractivity contribution is 5.95. The van der Waals surface area contributed by atoms with Gasteiger partial charge >= 0.3 is 6.09 Å². The fourth-order valence-electron chi connectivity index (χ4n) is 4.67. The van der Waals surface area contributed by atoms with Crippen LogP contribution in [0.15, 0.2) is 25.3 Å². The number of nitrogens with zero attached hydrogens (tertiary/aromatic N) is 4. The number of piperidine rings is 2. The third kappa shape index (κ3) is 8.86. The van der Waals surface area contributed by atoms with Crippen LogP contribution in [0.3, 0.4) is 0 Å². The molecule has 0 spiro atoms. The van der Waals surface area contributed by atoms with Crippen molar-refractivity contribution in [2.24, 2.45) is 11.8 Å². The van der Waals surface area contributed by atoms with E-state index < -0.39 is 5.60 Å². The number of carbonyl (C=O) groups excluding carboxylic acids is 2. The van der Waals surface area contributed by atoms with E-state index in [0.29, 0.717) is 17.4 Å². The van der Waals surface area contributed by atoms with E-state index in [1.54, 1.807) is 19.0 Å². The molecule has 2 saturated heterocycles. The fraction of sp³-hybridized carbons (Fsp3) is 0.679. The average Bonchev–Trinajstić information content (AvgIpc) is 2.85. The molecule has 2 aliphatic heterocycles. The van der Waals surface area contributed by atoms with Gasteiger partial charge in [0, 0.05) is 40.3 Å². The van der Waals surface area contributed by atoms with Gasteiger partial charge in [-0.15, -0.1) is 13.2 Å². The minimum Gasteiger partial charge on any atom is -0.444 e. The molecule has 1 aromatic rings. The molecule has 2 fully saturated rings. The summed E-state index contributed by atoms with van der Waals surface area (Å²) in [7, 11) is 3.52. The molecule has 2 amide bonds. The Hall–Kier alpha value is -2.57. The first-order chi connectivity index (χ1) is 16.5. The standard InChI is InChI=1S/C24H38N4O3.C2H6.C2H4/c1-17-20(22(29)26(5)6)7-8-21(25-17)27-13-9-18(10-14-27)19-11-15-28(16-12-19)23(30)31-24(2,3)4;2*1-2/h7-8,18-19H,9-16H2,1-6H3;1-2H3;1-2H2. The van der Waals surface area contributed by atoms with Crippen molar-refractivity contribution in [2.75, 3.05) is 45.2 Å². The number of ether oxygens (including phenoxy) is 1. The molecule has 0 bridgehead atoms. The molecular formula is C28H48N4O3. The Kier molecular flexibility index (Phi) is 12.3. The summed E-state index contributed by atoms with van der Waals surface area (Å²) in [5, 5.41) is 0. The summed E-state index contributed by atoms with van der Waals surface area (Å²) in [5.74, 6) is 2.34. The van der Waals surface area contributed by atoms with Gasteiger partial charge in [0.2, 0.25) is 0 Å². The van der Waals surface area contributed by atoms with Crippen molar-refractivity contribution in [2.45, 2.75) is 72.8 Å². The minimum absolute atomic E-state index is 0.00650. The predicted octanol–water partition coefficient (Wildman–Crippen LogP) is 5.78. The first-order valence-corrected chi connectivity index (χ1v) is 13.0. The Morgan fingerprint density at radius 3 is 1.89 bits per heavy atom. The van der Waals surface area contributed by atoms with E-state index >= 15 is 0 Å². The molecule has 0 aliphatic carbocycles. The van der Waals surface area contributed by atoms with Crippen LogP contribution in [-0.2, 0) is 4.74 Å². The lowest BCUT2D eigenvalue weighted by molar-refractivity contribution is 0.0152. The van der Waals surface area contributed by atoms with Gasteiger partial charge in [0.05, 0.1) is 11.3 Å². The van der Waals surface area contributed by atoms with E-state index in [1.807, 2.05) is 58.6 Å². The van der Waals surface area contributed by atoms with Crippen molar-refractivity contribution >= 4 is 17.8 Å². The van der Waals surface area contributed by atoms with Crippen molar-refractivity contribution in [3.8, 4) is 0 Å². The highest BCUT2D eigenvalue weighted by atomic mass is 16.6. The van der Waals surface area contributed by atoms with Crippen LogP contribution in [0.1, 0.15) is 76.4 Å². The number of amides is 2. The van der Waals surface area contributed by atoms with Crippen LogP contribution in [0.4, 0.5) is 10.6 Å². The number of hydrogen-bond donors (Lipinski definition) is 0. The largest absolute Gasteiger partial charge is 0.444 e. The normalized spacial score (nSPS) is 16.9. The summed E-state index contributed by atoms with van der Waals surface area (Å²) in [6.07, 6.45) is 4.23. The monoisotopic (exact) mass is 488 g/mol. The SMILES string of the molecule is C=C.CC.Cc1nc(N2CCC(C3CCN(C(=O)OC(C)(C)C)CC3)CC2)ccc1C(=O)N(C)C. The summed E-state index contributed by atoms with van der Waals surface area (Å²) in [6, 6.07) is 3.88. The molecule has 0 atom stereocenters. The van der Waals surface area contributed by atoms with Crippen molar-refractivity contribution < 1.29 is 14.3 Å². The van der Waals surface area contributed by atoms with E-state index in [2.05, 4.69) is 18.1 Å². The first-order valence-electron chi connectivity index (χ1n) is 13.0. The number of rotatable bonds is 3. The molecule has 3 rings (SSSR count). The molecule has 7 heteroatoms. The Morgan fingerprint density at radius 2 is 1.46 bits per heavy atom. The summed E-state index contributed by atoms with van der Waals surface area (Å²) >= 11 is 0. The lowest BCUT2D eigenvalue weighted by atomic mass is 9.79. The zero-order valence-electron chi connectivity index (χ0n) is 23.4. The van der Waals surface area contributed by atoms with E-state index in [-0.39, 0.29) is 12.0 Å². The molecule has 35 heavy (non-hydrogen) atoms. The number of carbonyl (C=O) groups is 2. The van der Waals surface area contributed by atoms with Crippen LogP contribution in [-0.4, -0.2) is 72.7 Å². The summed E-state index contributed by atoms with van der Waals surface area (Å²) < 4.78 is 5.52. The smallest absolute Gasteiger partial charge is 0.410 e. The highest BCUT2D eigenvalue weighted by Gasteiger charge is 2.32. The third-order valence-corrected chi connectivity index (χ3v) is 6.43. The zero-order valence-corrected chi connectivity index (χ0v) is 23.4. The van der Waals surface area contributed by atoms with Crippen LogP contribution in [0, 0.1) is 18.8 Å². The van der Waals surface area contributed by atoms with Gasteiger partial charge in [-0.05, 0) is 77.3 Å². The van der Waals surface area contributed by atoms with Crippen molar-refractivity contribution in [1.82, 2.24) is 14.8 Å². The minimum atomic E-state index is -0.439. The maximum absolute atomic E-state index is 12.3. The summed E-state index contributed by atoms with van der Waals surface area (Å²) in [4.78, 5) is 35.0. The average molecular weight is 489 g/mol. The maximum atomic E-state index is 12.3. The Morgan fingerprint density at radius 1 is 0.971 bits per heavy atom. The second kappa shape index (κ2) is 14.1. The number of hydrogen-bond acceptors (Lipinski definition) is 5. The Bertz CT molecular complexity index is 803. The molecule has 1 aromatic heterocycles. The van der Waals surface area contributed by atoms with Gasteiger partial charge in [-0.25, -0.2) is 9.78 Å². The molecule has 0 saturated carbocycles. The van der Waals surface area contributed by atoms with Crippen LogP contribution >= 0.6 is 0 Å². The van der Waals surface area contributed by atoms with Crippen LogP contribution in [0.25, 0.3) is 0 Å². The first kappa shape index (κ1) is 30.5. The fourth-order valence-corrected chi connectivity index (χ4v) is 4.67. The molecule has 0 radical (unpaired) electrons. The van der Waals surface area contributed by atoms with Crippen molar-refractivity contribution in [1.29, 1.82) is 0 Å². The number of aromatic nitrogens is 1. The molecule has 0 unspecified atom stereocenters. The second-order valence-corrected chi connectivity index (χ2v) is 10.1. The van der Waals surface area contributed by atoms with Crippen LogP contribution < -0.4 is 4.90 Å². The molecular weight excluding hydrogens is 440 g/mol. The van der Waals surface area contributed by atoms with Gasteiger partial charge < -0.3 is 19.4 Å². The van der Waals surface area contributed by atoms with Gasteiger partial charge in [-0.1, -0.05) is 13.8 Å². The van der Waals surface area contributed by atoms with Crippen molar-refractivity contribution in [3.63, 3.8) is 0 Å². The number of anilines is 1. The molecule has 2 aliphatic rings. The van der Waals surface area contributed by atoms with Gasteiger partial charge in [-0.2, -0.15) is 0 Å². The van der Waals surface area contributed by atoms with E-state index in [1.165, 1.54) is 0 Å². The quantitative estimate of drug-likeness (QED) is 0.504. The van der Waals surface area contributed by atoms with E-state index in [4.69, 9.17) is 9.72 Å². The predicted molar refractivity (Wildman–Crippen MR) is 145 cm³/mol. The molecule has 7 nitrogen and oxygen atoms in total. The maximum Gasteiger partial charge on any atom is 0.410 e. The number of likely N-dealkylation sites (tertiary alicyclic amines) is 1. The van der Waals surface area contributed by atoms with Crippen molar-refractivity contribution in [3.05, 3.63) is 36.5 Å². The third-order valence-electron chi connectivity index (χ3n) is 6.43. The molecule has 3 heterocycles. The van der Waals surface area contributed by atoms with Gasteiger partial charge in [0.25, 0.3) is 5.91 Å². The van der Waals surface area contributed by atoms with E-state index in [0.717, 1.165) is 63.4 Å². The van der Waals surface area contributed by atoms with E-state index in [9.17, 15) is 9.59 Å². The van der Waals surface area contributed by atoms with Gasteiger partial charge in [-0.3, -0.25) is 4.79 Å². The topological polar surface area (TPSA) is 66.0 Å². The van der Waals surface area contributed by atoms with Gasteiger partial charge in [0.1, 0.15) is 11.4 Å². The summed E-state index contributed by atoms with van der Waals surface area (Å²) in [5.41, 5.74) is 1.01. The summed E-state index contributed by atoms with van der Waals surface area (Å²) in [6.45, 7) is 21.2. The second-order valence-electron chi connectivity index (χ2n) is 10.1. The molecule has 0 N–H and O–H groups in total. The van der Waals surface area contributed by atoms with Crippen LogP contribution in [0.5, 0.6) is 0 Å². The zero-order chi connectivity index (χ0) is 26.8. The Labute approximate surface area is 213 Å². The number of aryl methyl sites for hydroxylation is 1. The molecule has 198 valence electrons. The number of pyridine rings is 1. The molecule has 0 aromatic carbocycles. The highest BCUT2D eigenvalue weighted by Crippen LogP contribution is 2.34. The van der Waals surface area contributed by atoms with Gasteiger partial charge in [0.15, 0.2) is 0 Å². The lowest BCUT2D eigenvalue weighted by Crippen LogP contribution is -2.44. The Balaban J connectivity index is 0.00000145. The lowest BCUT2D eigenvalue weighted by Gasteiger charge is -2.40.